The topological polar surface area (TPSA) is 108 Å². The third kappa shape index (κ3) is 6.16. The average Bonchev–Trinajstić information content (AvgIpc) is 3.96. The first-order valence-corrected chi connectivity index (χ1v) is 17.2. The second-order valence-corrected chi connectivity index (χ2v) is 14.6. The molecular formula is C36H35FN2O5S. The Bertz CT molecular complexity index is 1970. The van der Waals surface area contributed by atoms with Crippen LogP contribution in [0.5, 0.6) is 0 Å². The van der Waals surface area contributed by atoms with Gasteiger partial charge in [0.15, 0.2) is 11.6 Å². The summed E-state index contributed by atoms with van der Waals surface area (Å²) in [6.07, 6.45) is 5.19. The van der Waals surface area contributed by atoms with E-state index in [4.69, 9.17) is 4.42 Å². The molecule has 1 atom stereocenters. The lowest BCUT2D eigenvalue weighted by molar-refractivity contribution is 0.0935. The molecule has 2 saturated carbocycles. The molecule has 232 valence electrons. The van der Waals surface area contributed by atoms with Crippen LogP contribution in [-0.2, 0) is 10.0 Å². The lowest BCUT2D eigenvalue weighted by Gasteiger charge is -2.25. The van der Waals surface area contributed by atoms with Crippen molar-refractivity contribution in [3.8, 4) is 28.5 Å². The number of nitriles is 1. The van der Waals surface area contributed by atoms with Gasteiger partial charge in [0.1, 0.15) is 17.2 Å². The molecule has 1 unspecified atom stereocenters. The van der Waals surface area contributed by atoms with Gasteiger partial charge in [-0.25, -0.2) is 12.8 Å². The molecule has 0 amide bonds. The van der Waals surface area contributed by atoms with Crippen molar-refractivity contribution in [2.45, 2.75) is 52.4 Å². The monoisotopic (exact) mass is 626 g/mol. The quantitative estimate of drug-likeness (QED) is 0.147. The predicted octanol–water partition coefficient (Wildman–Crippen LogP) is 8.19. The van der Waals surface area contributed by atoms with E-state index in [0.29, 0.717) is 51.0 Å². The first-order valence-electron chi connectivity index (χ1n) is 15.3. The van der Waals surface area contributed by atoms with Crippen molar-refractivity contribution >= 4 is 38.2 Å². The predicted molar refractivity (Wildman–Crippen MR) is 172 cm³/mol. The van der Waals surface area contributed by atoms with Crippen LogP contribution in [0.15, 0.2) is 65.1 Å². The molecular weight excluding hydrogens is 591 g/mol. The van der Waals surface area contributed by atoms with Crippen LogP contribution in [0.25, 0.3) is 33.4 Å². The van der Waals surface area contributed by atoms with Gasteiger partial charge in [0, 0.05) is 47.5 Å². The highest BCUT2D eigenvalue weighted by molar-refractivity contribution is 7.92. The fourth-order valence-electron chi connectivity index (χ4n) is 6.07. The van der Waals surface area contributed by atoms with Crippen LogP contribution in [-0.4, -0.2) is 32.8 Å². The van der Waals surface area contributed by atoms with Gasteiger partial charge in [-0.3, -0.25) is 13.9 Å². The number of sulfonamides is 1. The molecule has 4 aromatic rings. The normalized spacial score (nSPS) is 16.2. The van der Waals surface area contributed by atoms with Crippen LogP contribution in [0.2, 0.25) is 0 Å². The molecule has 1 aromatic heterocycles. The van der Waals surface area contributed by atoms with Gasteiger partial charge in [-0.15, -0.1) is 0 Å². The Labute approximate surface area is 262 Å². The number of hydrogen-bond acceptors (Lipinski definition) is 6. The Hall–Kier alpha value is -4.29. The third-order valence-electron chi connectivity index (χ3n) is 9.06. The fraction of sp³-hybridized carbons (Fsp3) is 0.361. The highest BCUT2D eigenvalue weighted by Crippen LogP contribution is 2.48. The van der Waals surface area contributed by atoms with Gasteiger partial charge in [-0.05, 0) is 86.4 Å². The molecule has 1 heterocycles. The van der Waals surface area contributed by atoms with Crippen LogP contribution < -0.4 is 4.31 Å². The fourth-order valence-corrected chi connectivity index (χ4v) is 7.06. The number of ketones is 2. The number of rotatable bonds is 12. The second kappa shape index (κ2) is 11.6. The van der Waals surface area contributed by atoms with Crippen molar-refractivity contribution in [1.29, 1.82) is 5.26 Å². The maximum Gasteiger partial charge on any atom is 0.232 e. The first-order chi connectivity index (χ1) is 21.4. The van der Waals surface area contributed by atoms with Crippen LogP contribution in [0, 0.1) is 34.4 Å². The largest absolute Gasteiger partial charge is 0.455 e. The Morgan fingerprint density at radius 3 is 2.33 bits per heavy atom. The van der Waals surface area contributed by atoms with E-state index in [-0.39, 0.29) is 42.0 Å². The maximum atomic E-state index is 13.8. The number of hydrogen-bond donors (Lipinski definition) is 0. The lowest BCUT2D eigenvalue weighted by Crippen LogP contribution is -2.32. The standard InChI is InChI=1S/C36H35FN2O5S/c1-4-31(40)34-29-17-28(24-6-5-7-25(16-24)32(41)19-36(2,21-38)26-12-13-26)30(39(45(3,42)43)20-22-8-9-22)18-33(29)44-35(34)23-10-14-27(37)15-11-23/h5-7,10-11,14-18,22,26H,4,8-9,12-13,19-20H2,1-3H3. The molecule has 6 rings (SSSR count). The Morgan fingerprint density at radius 1 is 1.02 bits per heavy atom. The van der Waals surface area contributed by atoms with E-state index in [1.807, 2.05) is 13.0 Å². The van der Waals surface area contributed by atoms with Gasteiger partial charge in [0.2, 0.25) is 10.0 Å². The van der Waals surface area contributed by atoms with E-state index in [9.17, 15) is 27.7 Å². The summed E-state index contributed by atoms with van der Waals surface area (Å²) in [4.78, 5) is 26.9. The van der Waals surface area contributed by atoms with Gasteiger partial charge in [0.05, 0.1) is 29.0 Å². The van der Waals surface area contributed by atoms with Crippen LogP contribution in [0.4, 0.5) is 10.1 Å². The molecule has 0 bridgehead atoms. The van der Waals surface area contributed by atoms with E-state index in [1.165, 1.54) is 22.7 Å². The van der Waals surface area contributed by atoms with Crippen molar-refractivity contribution in [3.05, 3.63) is 77.6 Å². The number of Topliss-reactive ketones (excluding diaryl/α,β-unsaturated/α-hetero) is 2. The Kier molecular flexibility index (Phi) is 7.90. The molecule has 2 fully saturated rings. The minimum absolute atomic E-state index is 0.0958. The van der Waals surface area contributed by atoms with Crippen molar-refractivity contribution in [2.75, 3.05) is 17.1 Å². The van der Waals surface area contributed by atoms with Crippen molar-refractivity contribution in [1.82, 2.24) is 0 Å². The second-order valence-electron chi connectivity index (χ2n) is 12.7. The van der Waals surface area contributed by atoms with E-state index in [2.05, 4.69) is 6.07 Å². The third-order valence-corrected chi connectivity index (χ3v) is 10.2. The number of nitrogens with zero attached hydrogens (tertiary/aromatic N) is 2. The zero-order valence-electron chi connectivity index (χ0n) is 25.6. The Balaban J connectivity index is 1.55. The number of benzene rings is 3. The van der Waals surface area contributed by atoms with Crippen LogP contribution >= 0.6 is 0 Å². The number of fused-ring (bicyclic) bond motifs is 1. The molecule has 0 saturated heterocycles. The van der Waals surface area contributed by atoms with Crippen LogP contribution in [0.1, 0.15) is 73.1 Å². The van der Waals surface area contributed by atoms with Gasteiger partial charge in [0.25, 0.3) is 0 Å². The van der Waals surface area contributed by atoms with Gasteiger partial charge < -0.3 is 4.42 Å². The minimum Gasteiger partial charge on any atom is -0.455 e. The molecule has 45 heavy (non-hydrogen) atoms. The summed E-state index contributed by atoms with van der Waals surface area (Å²) in [6, 6.07) is 18.5. The van der Waals surface area contributed by atoms with Gasteiger partial charge in [-0.2, -0.15) is 5.26 Å². The maximum absolute atomic E-state index is 13.8. The molecule has 0 aliphatic heterocycles. The highest BCUT2D eigenvalue weighted by Gasteiger charge is 2.43. The molecule has 9 heteroatoms. The number of carbonyl (C=O) groups is 2. The zero-order valence-corrected chi connectivity index (χ0v) is 26.4. The molecule has 2 aliphatic carbocycles. The smallest absolute Gasteiger partial charge is 0.232 e. The van der Waals surface area contributed by atoms with E-state index in [1.54, 1.807) is 49.4 Å². The average molecular weight is 627 g/mol. The molecule has 7 nitrogen and oxygen atoms in total. The van der Waals surface area contributed by atoms with E-state index in [0.717, 1.165) is 25.7 Å². The number of carbonyl (C=O) groups excluding carboxylic acids is 2. The Morgan fingerprint density at radius 2 is 1.73 bits per heavy atom. The molecule has 2 aliphatic rings. The lowest BCUT2D eigenvalue weighted by atomic mass is 9.80. The minimum atomic E-state index is -3.73. The van der Waals surface area contributed by atoms with E-state index >= 15 is 0 Å². The van der Waals surface area contributed by atoms with E-state index < -0.39 is 21.3 Å². The summed E-state index contributed by atoms with van der Waals surface area (Å²) in [6.45, 7) is 3.88. The van der Waals surface area contributed by atoms with Crippen molar-refractivity contribution in [3.63, 3.8) is 0 Å². The van der Waals surface area contributed by atoms with Gasteiger partial charge in [-0.1, -0.05) is 25.1 Å². The van der Waals surface area contributed by atoms with Gasteiger partial charge >= 0.3 is 0 Å². The van der Waals surface area contributed by atoms with Crippen LogP contribution in [0.3, 0.4) is 0 Å². The number of halogens is 1. The summed E-state index contributed by atoms with van der Waals surface area (Å²) in [5.41, 5.74) is 2.40. The summed E-state index contributed by atoms with van der Waals surface area (Å²) in [5.74, 6) is -0.0333. The van der Waals surface area contributed by atoms with Crippen molar-refractivity contribution < 1.29 is 26.8 Å². The van der Waals surface area contributed by atoms with Crippen molar-refractivity contribution in [2.24, 2.45) is 17.3 Å². The SMILES string of the molecule is CCC(=O)c1c(-c2ccc(F)cc2)oc2cc(N(CC3CC3)S(C)(=O)=O)c(-c3cccc(C(=O)CC(C)(C#N)C4CC4)c3)cc12. The number of furan rings is 1. The summed E-state index contributed by atoms with van der Waals surface area (Å²) in [7, 11) is -3.73. The highest BCUT2D eigenvalue weighted by atomic mass is 32.2. The molecule has 3 aromatic carbocycles. The molecule has 0 N–H and O–H groups in total. The summed E-state index contributed by atoms with van der Waals surface area (Å²) >= 11 is 0. The first kappa shape index (κ1) is 30.7. The summed E-state index contributed by atoms with van der Waals surface area (Å²) < 4.78 is 47.9. The number of anilines is 1. The molecule has 0 spiro atoms. The summed E-state index contributed by atoms with van der Waals surface area (Å²) in [5, 5.41) is 10.3. The molecule has 0 radical (unpaired) electrons. The zero-order chi connectivity index (χ0) is 32.1.